The molecule has 0 spiro atoms. The second kappa shape index (κ2) is 7.14. The molecule has 122 valence electrons. The van der Waals surface area contributed by atoms with Crippen LogP contribution in [0.4, 0.5) is 5.69 Å². The summed E-state index contributed by atoms with van der Waals surface area (Å²) in [6, 6.07) is 8.56. The highest BCUT2D eigenvalue weighted by Crippen LogP contribution is 2.19. The van der Waals surface area contributed by atoms with Gasteiger partial charge < -0.3 is 15.1 Å². The van der Waals surface area contributed by atoms with E-state index in [1.807, 2.05) is 0 Å². The summed E-state index contributed by atoms with van der Waals surface area (Å²) >= 11 is 0. The van der Waals surface area contributed by atoms with E-state index in [0.717, 1.165) is 31.7 Å². The van der Waals surface area contributed by atoms with Crippen molar-refractivity contribution in [3.05, 3.63) is 29.8 Å². The Morgan fingerprint density at radius 2 is 1.68 bits per heavy atom. The van der Waals surface area contributed by atoms with E-state index in [9.17, 15) is 4.79 Å². The van der Waals surface area contributed by atoms with E-state index in [2.05, 4.69) is 67.2 Å². The average molecular weight is 303 g/mol. The van der Waals surface area contributed by atoms with Crippen LogP contribution in [0, 0.1) is 5.41 Å². The molecule has 1 N–H and O–H groups in total. The monoisotopic (exact) mass is 303 g/mol. The van der Waals surface area contributed by atoms with E-state index in [0.29, 0.717) is 13.0 Å². The number of amides is 1. The van der Waals surface area contributed by atoms with Crippen LogP contribution in [0.15, 0.2) is 24.3 Å². The van der Waals surface area contributed by atoms with Crippen molar-refractivity contribution in [3.63, 3.8) is 0 Å². The van der Waals surface area contributed by atoms with Gasteiger partial charge in [-0.25, -0.2) is 0 Å². The average Bonchev–Trinajstić information content (AvgIpc) is 2.45. The molecular formula is C18H29N3O. The quantitative estimate of drug-likeness (QED) is 0.928. The highest BCUT2D eigenvalue weighted by molar-refractivity contribution is 5.76. The van der Waals surface area contributed by atoms with Crippen molar-refractivity contribution in [2.45, 2.75) is 33.7 Å². The molecule has 0 bridgehead atoms. The van der Waals surface area contributed by atoms with Crippen molar-refractivity contribution in [2.24, 2.45) is 5.41 Å². The van der Waals surface area contributed by atoms with Gasteiger partial charge in [0.1, 0.15) is 0 Å². The Hall–Kier alpha value is -1.55. The third kappa shape index (κ3) is 5.34. The van der Waals surface area contributed by atoms with Gasteiger partial charge in [-0.2, -0.15) is 0 Å². The zero-order valence-corrected chi connectivity index (χ0v) is 14.4. The molecule has 1 aliphatic heterocycles. The lowest BCUT2D eigenvalue weighted by Crippen LogP contribution is -2.44. The Balaban J connectivity index is 1.83. The Labute approximate surface area is 134 Å². The molecule has 1 aliphatic rings. The number of nitrogens with one attached hydrogen (secondary N) is 1. The fraction of sp³-hybridized carbons (Fsp3) is 0.611. The Bertz CT molecular complexity index is 482. The highest BCUT2D eigenvalue weighted by Gasteiger charge is 2.16. The fourth-order valence-electron chi connectivity index (χ4n) is 2.63. The summed E-state index contributed by atoms with van der Waals surface area (Å²) in [5, 5.41) is 3.00. The number of carbonyl (C=O) groups excluding carboxylic acids is 1. The summed E-state index contributed by atoms with van der Waals surface area (Å²) in [5.41, 5.74) is 2.47. The number of rotatable bonds is 4. The first-order valence-electron chi connectivity index (χ1n) is 8.13. The van der Waals surface area contributed by atoms with Crippen LogP contribution in [0.25, 0.3) is 0 Å². The van der Waals surface area contributed by atoms with Crippen LogP contribution in [-0.4, -0.2) is 44.0 Å². The van der Waals surface area contributed by atoms with Crippen LogP contribution in [0.1, 0.15) is 32.8 Å². The Morgan fingerprint density at radius 1 is 1.09 bits per heavy atom. The zero-order chi connectivity index (χ0) is 16.2. The molecule has 1 heterocycles. The molecule has 1 aromatic carbocycles. The minimum Gasteiger partial charge on any atom is -0.369 e. The van der Waals surface area contributed by atoms with Gasteiger partial charge in [-0.15, -0.1) is 0 Å². The van der Waals surface area contributed by atoms with Crippen LogP contribution in [0.2, 0.25) is 0 Å². The molecule has 0 unspecified atom stereocenters. The second-order valence-corrected chi connectivity index (χ2v) is 7.47. The van der Waals surface area contributed by atoms with E-state index < -0.39 is 0 Å². The molecule has 0 atom stereocenters. The molecule has 1 saturated heterocycles. The van der Waals surface area contributed by atoms with E-state index in [1.165, 1.54) is 5.69 Å². The van der Waals surface area contributed by atoms with Crippen LogP contribution >= 0.6 is 0 Å². The normalized spacial score (nSPS) is 16.6. The zero-order valence-electron chi connectivity index (χ0n) is 14.4. The summed E-state index contributed by atoms with van der Waals surface area (Å²) in [5.74, 6) is 0.121. The number of piperazine rings is 1. The van der Waals surface area contributed by atoms with Crippen molar-refractivity contribution in [2.75, 3.05) is 38.1 Å². The SMILES string of the molecule is CN1CCN(c2ccc(CNC(=O)CC(C)(C)C)cc2)CC1. The summed E-state index contributed by atoms with van der Waals surface area (Å²) in [6.07, 6.45) is 0.562. The minimum absolute atomic E-state index is 0.0371. The maximum atomic E-state index is 11.9. The van der Waals surface area contributed by atoms with Crippen LogP contribution < -0.4 is 10.2 Å². The van der Waals surface area contributed by atoms with E-state index in [1.54, 1.807) is 0 Å². The molecule has 0 radical (unpaired) electrons. The fourth-order valence-corrected chi connectivity index (χ4v) is 2.63. The maximum absolute atomic E-state index is 11.9. The number of anilines is 1. The molecule has 2 rings (SSSR count). The van der Waals surface area contributed by atoms with Crippen molar-refractivity contribution in [1.82, 2.24) is 10.2 Å². The first kappa shape index (κ1) is 16.8. The van der Waals surface area contributed by atoms with Gasteiger partial charge >= 0.3 is 0 Å². The van der Waals surface area contributed by atoms with Crippen molar-refractivity contribution in [3.8, 4) is 0 Å². The lowest BCUT2D eigenvalue weighted by atomic mass is 9.92. The molecule has 0 saturated carbocycles. The van der Waals surface area contributed by atoms with E-state index in [-0.39, 0.29) is 11.3 Å². The summed E-state index contributed by atoms with van der Waals surface area (Å²) in [4.78, 5) is 16.6. The molecule has 4 nitrogen and oxygen atoms in total. The number of benzene rings is 1. The number of nitrogens with zero attached hydrogens (tertiary/aromatic N) is 2. The molecule has 1 amide bonds. The van der Waals surface area contributed by atoms with Gasteiger partial charge in [-0.05, 0) is 30.2 Å². The predicted molar refractivity (Wildman–Crippen MR) is 92.1 cm³/mol. The molecule has 0 aliphatic carbocycles. The number of carbonyl (C=O) groups is 1. The topological polar surface area (TPSA) is 35.6 Å². The van der Waals surface area contributed by atoms with Gasteiger partial charge in [-0.3, -0.25) is 4.79 Å². The first-order valence-corrected chi connectivity index (χ1v) is 8.13. The molecule has 0 aromatic heterocycles. The van der Waals surface area contributed by atoms with E-state index in [4.69, 9.17) is 0 Å². The standard InChI is InChI=1S/C18H29N3O/c1-18(2,3)13-17(22)19-14-15-5-7-16(8-6-15)21-11-9-20(4)10-12-21/h5-8H,9-14H2,1-4H3,(H,19,22). The van der Waals surface area contributed by atoms with Crippen LogP contribution in [-0.2, 0) is 11.3 Å². The lowest BCUT2D eigenvalue weighted by Gasteiger charge is -2.34. The van der Waals surface area contributed by atoms with Gasteiger partial charge in [0.2, 0.25) is 5.91 Å². The van der Waals surface area contributed by atoms with Crippen molar-refractivity contribution in [1.29, 1.82) is 0 Å². The Morgan fingerprint density at radius 3 is 2.23 bits per heavy atom. The first-order chi connectivity index (χ1) is 10.3. The van der Waals surface area contributed by atoms with Gasteiger partial charge in [0, 0.05) is 44.8 Å². The van der Waals surface area contributed by atoms with Gasteiger partial charge in [-0.1, -0.05) is 32.9 Å². The van der Waals surface area contributed by atoms with E-state index >= 15 is 0 Å². The molecule has 22 heavy (non-hydrogen) atoms. The smallest absolute Gasteiger partial charge is 0.220 e. The maximum Gasteiger partial charge on any atom is 0.220 e. The summed E-state index contributed by atoms with van der Waals surface area (Å²) < 4.78 is 0. The van der Waals surface area contributed by atoms with Crippen molar-refractivity contribution < 1.29 is 4.79 Å². The third-order valence-electron chi connectivity index (χ3n) is 3.99. The number of hydrogen-bond donors (Lipinski definition) is 1. The molecule has 1 fully saturated rings. The Kier molecular flexibility index (Phi) is 5.46. The lowest BCUT2D eigenvalue weighted by molar-refractivity contribution is -0.122. The number of hydrogen-bond acceptors (Lipinski definition) is 3. The van der Waals surface area contributed by atoms with Crippen LogP contribution in [0.5, 0.6) is 0 Å². The van der Waals surface area contributed by atoms with Gasteiger partial charge in [0.05, 0.1) is 0 Å². The third-order valence-corrected chi connectivity index (χ3v) is 3.99. The highest BCUT2D eigenvalue weighted by atomic mass is 16.1. The molecule has 4 heteroatoms. The van der Waals surface area contributed by atoms with Gasteiger partial charge in [0.15, 0.2) is 0 Å². The summed E-state index contributed by atoms with van der Waals surface area (Å²) in [6.45, 7) is 11.2. The predicted octanol–water partition coefficient (Wildman–Crippen LogP) is 2.49. The largest absolute Gasteiger partial charge is 0.369 e. The van der Waals surface area contributed by atoms with Crippen molar-refractivity contribution >= 4 is 11.6 Å². The second-order valence-electron chi connectivity index (χ2n) is 7.47. The minimum atomic E-state index is 0.0371. The summed E-state index contributed by atoms with van der Waals surface area (Å²) in [7, 11) is 2.17. The molecule has 1 aromatic rings. The van der Waals surface area contributed by atoms with Crippen LogP contribution in [0.3, 0.4) is 0 Å². The number of likely N-dealkylation sites (N-methyl/N-ethyl adjacent to an activating group) is 1. The molecular weight excluding hydrogens is 274 g/mol. The van der Waals surface area contributed by atoms with Gasteiger partial charge in [0.25, 0.3) is 0 Å².